The summed E-state index contributed by atoms with van der Waals surface area (Å²) >= 11 is 0. The lowest BCUT2D eigenvalue weighted by Gasteiger charge is -2.26. The predicted octanol–water partition coefficient (Wildman–Crippen LogP) is 3.30. The summed E-state index contributed by atoms with van der Waals surface area (Å²) in [4.78, 5) is 17.6. The first-order valence-corrected chi connectivity index (χ1v) is 12.4. The van der Waals surface area contributed by atoms with Crippen LogP contribution in [-0.2, 0) is 14.8 Å². The third kappa shape index (κ3) is 5.14. The van der Waals surface area contributed by atoms with E-state index in [1.807, 2.05) is 19.9 Å². The van der Waals surface area contributed by atoms with Crippen LogP contribution >= 0.6 is 0 Å². The fourth-order valence-electron chi connectivity index (χ4n) is 3.60. The number of amides is 1. The Labute approximate surface area is 198 Å². The van der Waals surface area contributed by atoms with Gasteiger partial charge in [-0.3, -0.25) is 4.79 Å². The summed E-state index contributed by atoms with van der Waals surface area (Å²) in [7, 11) is -2.16. The quantitative estimate of drug-likeness (QED) is 0.547. The second-order valence-electron chi connectivity index (χ2n) is 8.05. The first-order chi connectivity index (χ1) is 16.3. The summed E-state index contributed by atoms with van der Waals surface area (Å²) in [6, 6.07) is 13.2. The fraction of sp³-hybridized carbons (Fsp3) is 0.333. The van der Waals surface area contributed by atoms with Crippen LogP contribution in [0.3, 0.4) is 0 Å². The van der Waals surface area contributed by atoms with E-state index in [-0.39, 0.29) is 35.5 Å². The smallest absolute Gasteiger partial charge is 0.274 e. The van der Waals surface area contributed by atoms with Gasteiger partial charge in [0.05, 0.1) is 42.5 Å². The Bertz CT molecular complexity index is 1300. The maximum Gasteiger partial charge on any atom is 0.274 e. The molecule has 1 aliphatic rings. The number of hydrogen-bond acceptors (Lipinski definition) is 7. The summed E-state index contributed by atoms with van der Waals surface area (Å²) in [6.07, 6.45) is -0.175. The van der Waals surface area contributed by atoms with Gasteiger partial charge in [-0.1, -0.05) is 6.07 Å². The average molecular weight is 486 g/mol. The van der Waals surface area contributed by atoms with Crippen molar-refractivity contribution in [2.75, 3.05) is 38.7 Å². The van der Waals surface area contributed by atoms with Crippen LogP contribution in [0.15, 0.2) is 53.4 Å². The number of pyridine rings is 1. The molecule has 1 N–H and O–H groups in total. The molecule has 9 nitrogen and oxygen atoms in total. The first kappa shape index (κ1) is 23.9. The normalized spacial score (nSPS) is 14.8. The zero-order valence-electron chi connectivity index (χ0n) is 19.3. The molecule has 0 bridgehead atoms. The van der Waals surface area contributed by atoms with Crippen LogP contribution < -0.4 is 14.8 Å². The van der Waals surface area contributed by atoms with E-state index in [0.717, 1.165) is 5.39 Å². The van der Waals surface area contributed by atoms with Gasteiger partial charge in [-0.2, -0.15) is 4.31 Å². The van der Waals surface area contributed by atoms with Gasteiger partial charge in [0.15, 0.2) is 0 Å². The minimum Gasteiger partial charge on any atom is -0.497 e. The largest absolute Gasteiger partial charge is 0.497 e. The Hall–Kier alpha value is -3.21. The molecular formula is C24H27N3O6S. The first-order valence-electron chi connectivity index (χ1n) is 10.9. The molecule has 1 aliphatic heterocycles. The lowest BCUT2D eigenvalue weighted by Crippen LogP contribution is -2.40. The van der Waals surface area contributed by atoms with Gasteiger partial charge in [0, 0.05) is 18.5 Å². The van der Waals surface area contributed by atoms with Crippen LogP contribution in [0.5, 0.6) is 11.5 Å². The third-order valence-corrected chi connectivity index (χ3v) is 7.19. The van der Waals surface area contributed by atoms with Gasteiger partial charge in [0.2, 0.25) is 10.0 Å². The Morgan fingerprint density at radius 1 is 1.09 bits per heavy atom. The number of anilines is 1. The molecule has 2 heterocycles. The van der Waals surface area contributed by atoms with E-state index < -0.39 is 15.9 Å². The maximum atomic E-state index is 13.1. The molecule has 0 spiro atoms. The monoisotopic (exact) mass is 485 g/mol. The molecule has 0 radical (unpaired) electrons. The molecule has 0 unspecified atom stereocenters. The van der Waals surface area contributed by atoms with Gasteiger partial charge >= 0.3 is 0 Å². The number of benzene rings is 2. The summed E-state index contributed by atoms with van der Waals surface area (Å²) in [6.45, 7) is 4.94. The highest BCUT2D eigenvalue weighted by Crippen LogP contribution is 2.31. The van der Waals surface area contributed by atoms with E-state index in [2.05, 4.69) is 10.3 Å². The number of hydrogen-bond donors (Lipinski definition) is 1. The molecule has 3 aromatic rings. The molecule has 1 fully saturated rings. The lowest BCUT2D eigenvalue weighted by atomic mass is 10.2. The molecule has 2 aromatic carbocycles. The number of carbonyl (C=O) groups excluding carboxylic acids is 1. The van der Waals surface area contributed by atoms with Crippen LogP contribution in [-0.4, -0.2) is 63.1 Å². The number of fused-ring (bicyclic) bond motifs is 1. The topological polar surface area (TPSA) is 107 Å². The number of carbonyl (C=O) groups is 1. The molecule has 0 atom stereocenters. The van der Waals surface area contributed by atoms with Crippen LogP contribution in [0.2, 0.25) is 0 Å². The number of nitrogens with zero attached hydrogens (tertiary/aromatic N) is 2. The summed E-state index contributed by atoms with van der Waals surface area (Å²) in [5.41, 5.74) is 1.08. The summed E-state index contributed by atoms with van der Waals surface area (Å²) < 4.78 is 43.9. The zero-order chi connectivity index (χ0) is 24.3. The molecule has 4 rings (SSSR count). The fourth-order valence-corrected chi connectivity index (χ4v) is 5.04. The van der Waals surface area contributed by atoms with E-state index >= 15 is 0 Å². The molecule has 180 valence electrons. The van der Waals surface area contributed by atoms with Gasteiger partial charge < -0.3 is 19.5 Å². The van der Waals surface area contributed by atoms with Crippen molar-refractivity contribution in [1.82, 2.24) is 9.29 Å². The highest BCUT2D eigenvalue weighted by molar-refractivity contribution is 7.89. The molecular weight excluding hydrogens is 458 g/mol. The van der Waals surface area contributed by atoms with Gasteiger partial charge in [-0.05, 0) is 56.3 Å². The number of aromatic nitrogens is 1. The summed E-state index contributed by atoms with van der Waals surface area (Å²) in [5.74, 6) is 0.585. The van der Waals surface area contributed by atoms with Crippen molar-refractivity contribution in [1.29, 1.82) is 0 Å². The molecule has 10 heteroatoms. The average Bonchev–Trinajstić information content (AvgIpc) is 2.84. The SMILES string of the molecule is COc1ccc2nc(C(=O)Nc3cc(S(=O)(=O)N4CCOCC4)ccc3OC(C)C)ccc2c1. The molecule has 1 aromatic heterocycles. The Morgan fingerprint density at radius 2 is 1.85 bits per heavy atom. The van der Waals surface area contributed by atoms with Crippen molar-refractivity contribution in [3.63, 3.8) is 0 Å². The number of ether oxygens (including phenoxy) is 3. The number of morpholine rings is 1. The van der Waals surface area contributed by atoms with Crippen molar-refractivity contribution in [3.05, 3.63) is 54.2 Å². The molecule has 0 aliphatic carbocycles. The van der Waals surface area contributed by atoms with E-state index in [0.29, 0.717) is 30.2 Å². The van der Waals surface area contributed by atoms with Gasteiger partial charge in [0.1, 0.15) is 17.2 Å². The third-order valence-electron chi connectivity index (χ3n) is 5.30. The van der Waals surface area contributed by atoms with E-state index in [1.54, 1.807) is 37.4 Å². The summed E-state index contributed by atoms with van der Waals surface area (Å²) in [5, 5.41) is 3.61. The molecule has 0 saturated carbocycles. The number of rotatable bonds is 7. The van der Waals surface area contributed by atoms with Crippen LogP contribution in [0, 0.1) is 0 Å². The minimum absolute atomic E-state index is 0.0689. The Morgan fingerprint density at radius 3 is 2.56 bits per heavy atom. The highest BCUT2D eigenvalue weighted by atomic mass is 32.2. The van der Waals surface area contributed by atoms with Crippen molar-refractivity contribution in [2.24, 2.45) is 0 Å². The molecule has 1 saturated heterocycles. The van der Waals surface area contributed by atoms with Crippen LogP contribution in [0.25, 0.3) is 10.9 Å². The number of sulfonamides is 1. The zero-order valence-corrected chi connectivity index (χ0v) is 20.1. The molecule has 1 amide bonds. The van der Waals surface area contributed by atoms with Gasteiger partial charge in [0.25, 0.3) is 5.91 Å². The predicted molar refractivity (Wildman–Crippen MR) is 128 cm³/mol. The molecule has 34 heavy (non-hydrogen) atoms. The highest BCUT2D eigenvalue weighted by Gasteiger charge is 2.27. The van der Waals surface area contributed by atoms with E-state index in [1.165, 1.54) is 16.4 Å². The second kappa shape index (κ2) is 9.96. The minimum atomic E-state index is -3.75. The van der Waals surface area contributed by atoms with Crippen LogP contribution in [0.1, 0.15) is 24.3 Å². The van der Waals surface area contributed by atoms with Gasteiger partial charge in [-0.15, -0.1) is 0 Å². The number of nitrogens with one attached hydrogen (secondary N) is 1. The van der Waals surface area contributed by atoms with E-state index in [4.69, 9.17) is 14.2 Å². The standard InChI is InChI=1S/C24H27N3O6S/c1-16(2)33-23-9-6-19(34(29,30)27-10-12-32-13-11-27)15-22(23)26-24(28)21-7-4-17-14-18(31-3)5-8-20(17)25-21/h4-9,14-16H,10-13H2,1-3H3,(H,26,28). The second-order valence-corrected chi connectivity index (χ2v) is 9.99. The van der Waals surface area contributed by atoms with E-state index in [9.17, 15) is 13.2 Å². The van der Waals surface area contributed by atoms with Crippen molar-refractivity contribution in [3.8, 4) is 11.5 Å². The van der Waals surface area contributed by atoms with Crippen molar-refractivity contribution >= 4 is 32.5 Å². The van der Waals surface area contributed by atoms with Crippen LogP contribution in [0.4, 0.5) is 5.69 Å². The van der Waals surface area contributed by atoms with Gasteiger partial charge in [-0.25, -0.2) is 13.4 Å². The van der Waals surface area contributed by atoms with Crippen molar-refractivity contribution in [2.45, 2.75) is 24.8 Å². The lowest BCUT2D eigenvalue weighted by molar-refractivity contribution is 0.0730. The maximum absolute atomic E-state index is 13.1. The van der Waals surface area contributed by atoms with Crippen molar-refractivity contribution < 1.29 is 27.4 Å². The Balaban J connectivity index is 1.65. The Kier molecular flexibility index (Phi) is 7.01. The number of methoxy groups -OCH3 is 1.